The number of primary amides is 1. The summed E-state index contributed by atoms with van der Waals surface area (Å²) >= 11 is 3.62. The second-order valence-electron chi connectivity index (χ2n) is 5.78. The molecule has 0 unspecified atom stereocenters. The van der Waals surface area contributed by atoms with Gasteiger partial charge >= 0.3 is 0 Å². The molecule has 3 heterocycles. The Balaban J connectivity index is 0.000000290. The fraction of sp³-hybridized carbons (Fsp3) is 0.333. The predicted molar refractivity (Wildman–Crippen MR) is 102 cm³/mol. The molecule has 1 amide bonds. The number of aromatic amines is 1. The smallest absolute Gasteiger partial charge is 0.261 e. The van der Waals surface area contributed by atoms with E-state index < -0.39 is 11.5 Å². The normalized spacial score (nSPS) is 15.5. The van der Waals surface area contributed by atoms with Crippen molar-refractivity contribution in [2.75, 3.05) is 5.75 Å². The van der Waals surface area contributed by atoms with Gasteiger partial charge in [0.2, 0.25) is 0 Å². The van der Waals surface area contributed by atoms with Gasteiger partial charge in [-0.2, -0.15) is 0 Å². The maximum absolute atomic E-state index is 11.7. The number of aryl methyl sites for hydroxylation is 2. The first-order chi connectivity index (χ1) is 11.6. The number of fused-ring (bicyclic) bond motifs is 1. The number of hydrogen-bond donors (Lipinski definition) is 2. The van der Waals surface area contributed by atoms with E-state index in [1.807, 2.05) is 11.8 Å². The van der Waals surface area contributed by atoms with Crippen molar-refractivity contribution in [2.45, 2.75) is 32.1 Å². The fourth-order valence-corrected chi connectivity index (χ4v) is 4.69. The van der Waals surface area contributed by atoms with Crippen molar-refractivity contribution in [3.05, 3.63) is 56.0 Å². The average Bonchev–Trinajstić information content (AvgIpc) is 3.27. The van der Waals surface area contributed by atoms with Gasteiger partial charge < -0.3 is 10.7 Å². The number of thioether (sulfide) groups is 1. The summed E-state index contributed by atoms with van der Waals surface area (Å²) in [5.74, 6) is 0.610. The molecule has 0 spiro atoms. The highest BCUT2D eigenvalue weighted by atomic mass is 32.2. The van der Waals surface area contributed by atoms with Crippen LogP contribution in [0.2, 0.25) is 0 Å². The number of rotatable bonds is 2. The summed E-state index contributed by atoms with van der Waals surface area (Å²) < 4.78 is 0. The number of carbonyl (C=O) groups is 1. The van der Waals surface area contributed by atoms with E-state index in [9.17, 15) is 9.59 Å². The van der Waals surface area contributed by atoms with E-state index in [4.69, 9.17) is 5.73 Å². The predicted octanol–water partition coefficient (Wildman–Crippen LogP) is 3.72. The molecule has 0 saturated carbocycles. The van der Waals surface area contributed by atoms with Crippen LogP contribution < -0.4 is 11.3 Å². The third-order valence-electron chi connectivity index (χ3n) is 4.03. The van der Waals surface area contributed by atoms with E-state index >= 15 is 0 Å². The van der Waals surface area contributed by atoms with Crippen LogP contribution in [-0.4, -0.2) is 16.6 Å². The van der Waals surface area contributed by atoms with Crippen molar-refractivity contribution < 1.29 is 4.79 Å². The first-order valence-corrected chi connectivity index (χ1v) is 9.93. The highest BCUT2D eigenvalue weighted by Gasteiger charge is 2.15. The Kier molecular flexibility index (Phi) is 5.58. The van der Waals surface area contributed by atoms with Crippen molar-refractivity contribution in [1.82, 2.24) is 4.98 Å². The van der Waals surface area contributed by atoms with Crippen molar-refractivity contribution in [3.8, 4) is 10.6 Å². The van der Waals surface area contributed by atoms with Gasteiger partial charge in [0.15, 0.2) is 0 Å². The van der Waals surface area contributed by atoms with E-state index in [2.05, 4.69) is 22.5 Å². The number of hydrogen-bond acceptors (Lipinski definition) is 4. The van der Waals surface area contributed by atoms with Crippen LogP contribution in [0.25, 0.3) is 10.6 Å². The molecule has 0 aromatic carbocycles. The average molecular weight is 361 g/mol. The van der Waals surface area contributed by atoms with Crippen molar-refractivity contribution in [3.63, 3.8) is 0 Å². The highest BCUT2D eigenvalue weighted by Crippen LogP contribution is 2.34. The molecular weight excluding hydrogens is 340 g/mol. The Hall–Kier alpha value is -1.79. The van der Waals surface area contributed by atoms with Crippen molar-refractivity contribution >= 4 is 29.0 Å². The van der Waals surface area contributed by atoms with Gasteiger partial charge in [-0.25, -0.2) is 0 Å². The van der Waals surface area contributed by atoms with Crippen LogP contribution in [0.1, 0.15) is 40.1 Å². The molecule has 2 aromatic heterocycles. The molecule has 4 rings (SSSR count). The zero-order valence-electron chi connectivity index (χ0n) is 13.3. The molecule has 0 atom stereocenters. The maximum Gasteiger partial charge on any atom is 0.261 e. The summed E-state index contributed by atoms with van der Waals surface area (Å²) in [5.41, 5.74) is 6.86. The monoisotopic (exact) mass is 360 g/mol. The molecule has 0 bridgehead atoms. The molecule has 2 aliphatic rings. The summed E-state index contributed by atoms with van der Waals surface area (Å²) in [6, 6.07) is 5.39. The number of carbonyl (C=O) groups excluding carboxylic acids is 1. The number of allylic oxidation sites excluding steroid dienone is 1. The Morgan fingerprint density at radius 1 is 1.21 bits per heavy atom. The van der Waals surface area contributed by atoms with Gasteiger partial charge in [-0.3, -0.25) is 9.59 Å². The Labute approximate surface area is 149 Å². The molecule has 0 saturated heterocycles. The third kappa shape index (κ3) is 3.99. The molecule has 126 valence electrons. The molecule has 0 radical (unpaired) electrons. The van der Waals surface area contributed by atoms with Gasteiger partial charge in [-0.1, -0.05) is 6.08 Å². The van der Waals surface area contributed by atoms with Crippen LogP contribution in [0.3, 0.4) is 0 Å². The van der Waals surface area contributed by atoms with Gasteiger partial charge in [0.05, 0.1) is 10.6 Å². The fourth-order valence-electron chi connectivity index (χ4n) is 2.78. The summed E-state index contributed by atoms with van der Waals surface area (Å²) in [6.07, 6.45) is 8.21. The SMILES string of the molecule is C1=CSCC1.NC(=O)c1ccc(-c2cc3c(s2)CCCC3)[nH]c1=O. The summed E-state index contributed by atoms with van der Waals surface area (Å²) in [6.45, 7) is 0. The molecule has 3 N–H and O–H groups in total. The number of thiophene rings is 1. The minimum Gasteiger partial charge on any atom is -0.365 e. The molecule has 4 nitrogen and oxygen atoms in total. The second kappa shape index (κ2) is 7.85. The minimum atomic E-state index is -0.696. The molecular formula is C18H20N2O2S2. The Morgan fingerprint density at radius 2 is 2.04 bits per heavy atom. The first-order valence-electron chi connectivity index (χ1n) is 8.07. The highest BCUT2D eigenvalue weighted by molar-refractivity contribution is 8.02. The lowest BCUT2D eigenvalue weighted by atomic mass is 9.99. The number of nitrogens with one attached hydrogen (secondary N) is 1. The van der Waals surface area contributed by atoms with Crippen molar-refractivity contribution in [1.29, 1.82) is 0 Å². The second-order valence-corrected chi connectivity index (χ2v) is 7.93. The van der Waals surface area contributed by atoms with E-state index in [1.165, 1.54) is 41.5 Å². The van der Waals surface area contributed by atoms with Crippen LogP contribution in [0.15, 0.2) is 34.5 Å². The van der Waals surface area contributed by atoms with E-state index in [0.717, 1.165) is 23.4 Å². The van der Waals surface area contributed by atoms with Gasteiger partial charge in [0, 0.05) is 10.6 Å². The summed E-state index contributed by atoms with van der Waals surface area (Å²) in [4.78, 5) is 28.0. The molecule has 6 heteroatoms. The molecule has 1 aliphatic carbocycles. The zero-order chi connectivity index (χ0) is 16.9. The largest absolute Gasteiger partial charge is 0.365 e. The van der Waals surface area contributed by atoms with Crippen LogP contribution in [0.4, 0.5) is 0 Å². The molecule has 24 heavy (non-hydrogen) atoms. The third-order valence-corrected chi connectivity index (χ3v) is 6.16. The maximum atomic E-state index is 11.7. The van der Waals surface area contributed by atoms with Gasteiger partial charge in [-0.05, 0) is 61.3 Å². The lowest BCUT2D eigenvalue weighted by Gasteiger charge is -2.08. The zero-order valence-corrected chi connectivity index (χ0v) is 15.0. The Morgan fingerprint density at radius 3 is 2.62 bits per heavy atom. The van der Waals surface area contributed by atoms with Crippen LogP contribution >= 0.6 is 23.1 Å². The summed E-state index contributed by atoms with van der Waals surface area (Å²) in [5, 5.41) is 2.15. The van der Waals surface area contributed by atoms with Gasteiger partial charge in [-0.15, -0.1) is 23.1 Å². The molecule has 0 fully saturated rings. The van der Waals surface area contributed by atoms with E-state index in [-0.39, 0.29) is 5.56 Å². The first kappa shape index (κ1) is 17.0. The quantitative estimate of drug-likeness (QED) is 0.857. The Bertz CT molecular complexity index is 791. The van der Waals surface area contributed by atoms with E-state index in [0.29, 0.717) is 0 Å². The van der Waals surface area contributed by atoms with Crippen LogP contribution in [0.5, 0.6) is 0 Å². The lowest BCUT2D eigenvalue weighted by Crippen LogP contribution is -2.23. The minimum absolute atomic E-state index is 0.00469. The molecule has 2 aromatic rings. The number of aromatic nitrogens is 1. The summed E-state index contributed by atoms with van der Waals surface area (Å²) in [7, 11) is 0. The number of pyridine rings is 1. The number of amides is 1. The standard InChI is InChI=1S/C14H14N2O2S.C4H6S/c15-13(17)9-5-6-10(16-14(9)18)12-7-8-3-1-2-4-11(8)19-12;1-2-4-5-3-1/h5-7H,1-4H2,(H2,15,17)(H,16,18);1,3H,2,4H2. The van der Waals surface area contributed by atoms with Gasteiger partial charge in [0.25, 0.3) is 11.5 Å². The lowest BCUT2D eigenvalue weighted by molar-refractivity contribution is 0.0999. The van der Waals surface area contributed by atoms with Crippen LogP contribution in [-0.2, 0) is 12.8 Å². The van der Waals surface area contributed by atoms with Gasteiger partial charge in [0.1, 0.15) is 5.56 Å². The van der Waals surface area contributed by atoms with Crippen LogP contribution in [0, 0.1) is 0 Å². The number of nitrogens with two attached hydrogens (primary N) is 1. The number of H-pyrrole nitrogens is 1. The molecule has 1 aliphatic heterocycles. The van der Waals surface area contributed by atoms with E-state index in [1.54, 1.807) is 17.4 Å². The topological polar surface area (TPSA) is 76.0 Å². The van der Waals surface area contributed by atoms with Crippen molar-refractivity contribution in [2.24, 2.45) is 5.73 Å².